The van der Waals surface area contributed by atoms with E-state index in [1.807, 2.05) is 36.0 Å². The van der Waals surface area contributed by atoms with Crippen molar-refractivity contribution in [1.82, 2.24) is 10.2 Å². The molecule has 0 bridgehead atoms. The molecule has 1 heterocycles. The minimum absolute atomic E-state index is 0.355. The van der Waals surface area contributed by atoms with Gasteiger partial charge in [0.25, 0.3) is 0 Å². The lowest BCUT2D eigenvalue weighted by atomic mass is 10.2. The van der Waals surface area contributed by atoms with Gasteiger partial charge in [0.1, 0.15) is 0 Å². The average molecular weight is 282 g/mol. The number of hydrogen-bond donors (Lipinski definition) is 1. The molecule has 18 heavy (non-hydrogen) atoms. The first-order valence-electron chi connectivity index (χ1n) is 5.97. The summed E-state index contributed by atoms with van der Waals surface area (Å²) in [4.78, 5) is 0. The molecule has 3 nitrogen and oxygen atoms in total. The molecule has 0 aliphatic rings. The van der Waals surface area contributed by atoms with Crippen LogP contribution in [0, 0.1) is 0 Å². The van der Waals surface area contributed by atoms with Crippen LogP contribution in [0.1, 0.15) is 13.8 Å². The Balaban J connectivity index is 2.26. The van der Waals surface area contributed by atoms with Crippen molar-refractivity contribution in [3.05, 3.63) is 29.4 Å². The second kappa shape index (κ2) is 6.25. The number of hydrogen-bond acceptors (Lipinski definition) is 4. The highest BCUT2D eigenvalue weighted by Crippen LogP contribution is 2.26. The molecule has 5 heteroatoms. The van der Waals surface area contributed by atoms with Gasteiger partial charge < -0.3 is 5.32 Å². The zero-order chi connectivity index (χ0) is 13.0. The molecule has 0 aliphatic carbocycles. The highest BCUT2D eigenvalue weighted by atomic mass is 35.5. The molecular weight excluding hydrogens is 266 g/mol. The van der Waals surface area contributed by atoms with Gasteiger partial charge in [-0.1, -0.05) is 42.8 Å². The molecule has 0 saturated carbocycles. The minimum Gasteiger partial charge on any atom is -0.365 e. The van der Waals surface area contributed by atoms with Gasteiger partial charge in [-0.3, -0.25) is 0 Å². The summed E-state index contributed by atoms with van der Waals surface area (Å²) in [6.07, 6.45) is 0. The van der Waals surface area contributed by atoms with Crippen molar-refractivity contribution in [2.24, 2.45) is 0 Å². The monoisotopic (exact) mass is 281 g/mol. The Morgan fingerprint density at radius 3 is 2.72 bits per heavy atom. The fourth-order valence-electron chi connectivity index (χ4n) is 1.75. The molecular formula is C13H16ClN3S. The maximum atomic E-state index is 6.04. The van der Waals surface area contributed by atoms with Gasteiger partial charge in [0.2, 0.25) is 0 Å². The third-order valence-electron chi connectivity index (χ3n) is 2.60. The summed E-state index contributed by atoms with van der Waals surface area (Å²) >= 11 is 7.95. The van der Waals surface area contributed by atoms with Crippen LogP contribution in [-0.4, -0.2) is 27.7 Å². The summed E-state index contributed by atoms with van der Waals surface area (Å²) in [5.41, 5.74) is 0. The summed E-state index contributed by atoms with van der Waals surface area (Å²) in [5, 5.41) is 13.9. The second-order valence-electron chi connectivity index (χ2n) is 4.09. The van der Waals surface area contributed by atoms with Crippen LogP contribution in [0.4, 0.5) is 5.82 Å². The molecule has 0 amide bonds. The fourth-order valence-corrected chi connectivity index (χ4v) is 2.62. The molecule has 1 aromatic carbocycles. The minimum atomic E-state index is 0.355. The summed E-state index contributed by atoms with van der Waals surface area (Å²) in [6, 6.07) is 8.27. The molecule has 1 atom stereocenters. The van der Waals surface area contributed by atoms with Crippen molar-refractivity contribution in [2.45, 2.75) is 19.9 Å². The van der Waals surface area contributed by atoms with Crippen LogP contribution in [0.15, 0.2) is 24.3 Å². The number of nitrogens with zero attached hydrogens (tertiary/aromatic N) is 2. The van der Waals surface area contributed by atoms with Crippen LogP contribution >= 0.6 is 23.4 Å². The molecule has 1 N–H and O–H groups in total. The lowest BCUT2D eigenvalue weighted by Gasteiger charge is -2.15. The Labute approximate surface area is 116 Å². The van der Waals surface area contributed by atoms with E-state index in [-0.39, 0.29) is 0 Å². The number of nitrogens with one attached hydrogen (secondary N) is 1. The number of rotatable bonds is 5. The van der Waals surface area contributed by atoms with Gasteiger partial charge in [0.05, 0.1) is 0 Å². The first-order valence-corrected chi connectivity index (χ1v) is 7.50. The maximum absolute atomic E-state index is 6.04. The molecule has 1 unspecified atom stereocenters. The van der Waals surface area contributed by atoms with Crippen LogP contribution in [0.25, 0.3) is 10.8 Å². The lowest BCUT2D eigenvalue weighted by molar-refractivity contribution is 0.890. The maximum Gasteiger partial charge on any atom is 0.159 e. The van der Waals surface area contributed by atoms with E-state index in [2.05, 4.69) is 29.4 Å². The summed E-state index contributed by atoms with van der Waals surface area (Å²) in [7, 11) is 0. The standard InChI is InChI=1S/C13H16ClN3S/c1-3-18-8-9(2)15-13-11-7-5-4-6-10(11)12(14)16-17-13/h4-7,9H,3,8H2,1-2H3,(H,15,17). The molecule has 2 aromatic rings. The first kappa shape index (κ1) is 13.4. The van der Waals surface area contributed by atoms with Crippen LogP contribution in [0.5, 0.6) is 0 Å². The third kappa shape index (κ3) is 3.06. The van der Waals surface area contributed by atoms with Crippen LogP contribution in [0.2, 0.25) is 5.15 Å². The van der Waals surface area contributed by atoms with Crippen molar-refractivity contribution < 1.29 is 0 Å². The quantitative estimate of drug-likeness (QED) is 0.904. The molecule has 0 radical (unpaired) electrons. The van der Waals surface area contributed by atoms with Crippen molar-refractivity contribution in [3.63, 3.8) is 0 Å². The second-order valence-corrected chi connectivity index (χ2v) is 5.77. The molecule has 96 valence electrons. The first-order chi connectivity index (χ1) is 8.72. The SMILES string of the molecule is CCSCC(C)Nc1nnc(Cl)c2ccccc12. The molecule has 2 rings (SSSR count). The highest BCUT2D eigenvalue weighted by molar-refractivity contribution is 7.99. The van der Waals surface area contributed by atoms with E-state index in [9.17, 15) is 0 Å². The van der Waals surface area contributed by atoms with Crippen molar-refractivity contribution >= 4 is 40.0 Å². The van der Waals surface area contributed by atoms with Crippen molar-refractivity contribution in [3.8, 4) is 0 Å². The average Bonchev–Trinajstić information content (AvgIpc) is 2.40. The topological polar surface area (TPSA) is 37.8 Å². The van der Waals surface area contributed by atoms with Gasteiger partial charge in [-0.05, 0) is 12.7 Å². The third-order valence-corrected chi connectivity index (χ3v) is 4.02. The van der Waals surface area contributed by atoms with Gasteiger partial charge in [0, 0.05) is 22.6 Å². The largest absolute Gasteiger partial charge is 0.365 e. The molecule has 0 spiro atoms. The normalized spacial score (nSPS) is 12.6. The van der Waals surface area contributed by atoms with Gasteiger partial charge >= 0.3 is 0 Å². The van der Waals surface area contributed by atoms with Gasteiger partial charge in [-0.15, -0.1) is 10.2 Å². The number of benzene rings is 1. The van der Waals surface area contributed by atoms with Gasteiger partial charge in [-0.2, -0.15) is 11.8 Å². The van der Waals surface area contributed by atoms with Crippen molar-refractivity contribution in [2.75, 3.05) is 16.8 Å². The number of halogens is 1. The Kier molecular flexibility index (Phi) is 4.66. The van der Waals surface area contributed by atoms with E-state index in [1.165, 1.54) is 0 Å². The number of thioether (sulfide) groups is 1. The zero-order valence-electron chi connectivity index (χ0n) is 10.5. The highest BCUT2D eigenvalue weighted by Gasteiger charge is 2.09. The summed E-state index contributed by atoms with van der Waals surface area (Å²) in [5.74, 6) is 2.98. The van der Waals surface area contributed by atoms with E-state index in [0.717, 1.165) is 28.1 Å². The fraction of sp³-hybridized carbons (Fsp3) is 0.385. The summed E-state index contributed by atoms with van der Waals surface area (Å²) < 4.78 is 0. The Morgan fingerprint density at radius 2 is 2.00 bits per heavy atom. The Hall–Kier alpha value is -1.00. The molecule has 1 aromatic heterocycles. The Bertz CT molecular complexity index is 533. The molecule has 0 saturated heterocycles. The number of fused-ring (bicyclic) bond motifs is 1. The van der Waals surface area contributed by atoms with E-state index in [0.29, 0.717) is 11.2 Å². The molecule has 0 aliphatic heterocycles. The van der Waals surface area contributed by atoms with Crippen LogP contribution in [-0.2, 0) is 0 Å². The van der Waals surface area contributed by atoms with Gasteiger partial charge in [0.15, 0.2) is 11.0 Å². The van der Waals surface area contributed by atoms with Gasteiger partial charge in [-0.25, -0.2) is 0 Å². The summed E-state index contributed by atoms with van der Waals surface area (Å²) in [6.45, 7) is 4.31. The predicted octanol–water partition coefficient (Wildman–Crippen LogP) is 3.84. The predicted molar refractivity (Wildman–Crippen MR) is 80.6 cm³/mol. The van der Waals surface area contributed by atoms with Crippen LogP contribution < -0.4 is 5.32 Å². The zero-order valence-corrected chi connectivity index (χ0v) is 12.1. The van der Waals surface area contributed by atoms with E-state index >= 15 is 0 Å². The Morgan fingerprint density at radius 1 is 1.28 bits per heavy atom. The van der Waals surface area contributed by atoms with Crippen LogP contribution in [0.3, 0.4) is 0 Å². The van der Waals surface area contributed by atoms with E-state index in [1.54, 1.807) is 0 Å². The lowest BCUT2D eigenvalue weighted by Crippen LogP contribution is -2.19. The number of aromatic nitrogens is 2. The molecule has 0 fully saturated rings. The van der Waals surface area contributed by atoms with E-state index < -0.39 is 0 Å². The van der Waals surface area contributed by atoms with E-state index in [4.69, 9.17) is 11.6 Å². The van der Waals surface area contributed by atoms with Crippen molar-refractivity contribution in [1.29, 1.82) is 0 Å². The number of anilines is 1. The smallest absolute Gasteiger partial charge is 0.159 e.